The monoisotopic (exact) mass is 642 g/mol. The van der Waals surface area contributed by atoms with Crippen LogP contribution in [0.3, 0.4) is 0 Å². The first-order valence-electron chi connectivity index (χ1n) is 8.15. The Morgan fingerprint density at radius 1 is 0.684 bits per heavy atom. The van der Waals surface area contributed by atoms with Crippen LogP contribution in [0, 0.1) is 0 Å². The van der Waals surface area contributed by atoms with Gasteiger partial charge in [-0.2, -0.15) is 65.9 Å². The van der Waals surface area contributed by atoms with E-state index in [0.717, 1.165) is 0 Å². The van der Waals surface area contributed by atoms with Crippen molar-refractivity contribution < 1.29 is 144 Å². The maximum atomic E-state index is 13.7. The van der Waals surface area contributed by atoms with Gasteiger partial charge in [0.1, 0.15) is 15.9 Å². The number of halogens is 17. The number of benzene rings is 1. The van der Waals surface area contributed by atoms with Crippen LogP contribution in [0.1, 0.15) is 0 Å². The average molecular weight is 642 g/mol. The van der Waals surface area contributed by atoms with E-state index >= 15 is 0 Å². The van der Waals surface area contributed by atoms with Gasteiger partial charge in [0.2, 0.25) is 11.7 Å². The Balaban J connectivity index is 0.0000137. The summed E-state index contributed by atoms with van der Waals surface area (Å²) in [7, 11) is -5.55. The van der Waals surface area contributed by atoms with Crippen LogP contribution in [0.5, 0.6) is 5.75 Å². The van der Waals surface area contributed by atoms with Crippen LogP contribution in [0.15, 0.2) is 40.8 Å². The molecule has 1 aromatic carbocycles. The van der Waals surface area contributed by atoms with Crippen molar-refractivity contribution in [1.29, 1.82) is 0 Å². The Morgan fingerprint density at radius 2 is 1.08 bits per heavy atom. The van der Waals surface area contributed by atoms with Gasteiger partial charge in [-0.05, 0) is 18.2 Å². The van der Waals surface area contributed by atoms with Crippen LogP contribution in [0.25, 0.3) is 0 Å². The molecule has 38 heavy (non-hydrogen) atoms. The van der Waals surface area contributed by atoms with E-state index < -0.39 is 74.3 Å². The van der Waals surface area contributed by atoms with Crippen molar-refractivity contribution in [3.63, 3.8) is 0 Å². The fourth-order valence-electron chi connectivity index (χ4n) is 2.01. The third kappa shape index (κ3) is 6.21. The van der Waals surface area contributed by atoms with Crippen molar-refractivity contribution >= 4 is 10.1 Å². The molecule has 0 fully saturated rings. The van der Waals surface area contributed by atoms with Crippen molar-refractivity contribution in [2.24, 2.45) is 0 Å². The summed E-state index contributed by atoms with van der Waals surface area (Å²) in [6.07, 6.45) is -14.6. The quantitative estimate of drug-likeness (QED) is 0.235. The summed E-state index contributed by atoms with van der Waals surface area (Å²) in [5.74, 6) is -52.2. The molecule has 0 radical (unpaired) electrons. The van der Waals surface area contributed by atoms with Gasteiger partial charge in [0.25, 0.3) is 0 Å². The van der Waals surface area contributed by atoms with Gasteiger partial charge in [-0.3, -0.25) is 0 Å². The molecule has 1 rings (SSSR count). The zero-order valence-corrected chi connectivity index (χ0v) is 21.2. The second-order valence-corrected chi connectivity index (χ2v) is 7.93. The molecule has 0 aliphatic carbocycles. The molecule has 0 atom stereocenters. The second-order valence-electron chi connectivity index (χ2n) is 6.55. The number of hydrogen-bond acceptors (Lipinski definition) is 4. The standard InChI is InChI=1S/C15H5F17O4S.K/c16-7(9(18,19)11(22,23)13(26,27)14(28,29)30)8(17)10(20,21)12(24,25)15(31,32)36-5-2-1-3-6(4-5)37(33,34)35;/h1-4H,(H,33,34,35);/q;+1/p-1/b8-7+;. The third-order valence-electron chi connectivity index (χ3n) is 3.99. The molecule has 1 aromatic rings. The fourth-order valence-corrected chi connectivity index (χ4v) is 2.52. The first-order chi connectivity index (χ1) is 16.0. The zero-order chi connectivity index (χ0) is 29.8. The largest absolute Gasteiger partial charge is 1.00 e. The minimum Gasteiger partial charge on any atom is -0.744 e. The summed E-state index contributed by atoms with van der Waals surface area (Å²) >= 11 is 0. The van der Waals surface area contributed by atoms with Crippen LogP contribution in [0.2, 0.25) is 0 Å². The summed E-state index contributed by atoms with van der Waals surface area (Å²) in [5.41, 5.74) is 0. The van der Waals surface area contributed by atoms with Gasteiger partial charge in [0.15, 0.2) is 0 Å². The molecule has 0 saturated carbocycles. The fraction of sp³-hybridized carbons (Fsp3) is 0.467. The van der Waals surface area contributed by atoms with Crippen molar-refractivity contribution in [2.75, 3.05) is 0 Å². The summed E-state index contributed by atoms with van der Waals surface area (Å²) in [6.45, 7) is 0. The number of hydrogen-bond donors (Lipinski definition) is 0. The number of allylic oxidation sites excluding steroid dienone is 2. The SMILES string of the molecule is O=S(=O)([O-])c1cccc(OC(F)(F)C(F)(F)C(F)(F)/C(F)=C(\F)C(F)(F)C(F)(F)C(F)(F)C(F)(F)F)c1.[K+]. The molecule has 214 valence electrons. The number of ether oxygens (including phenoxy) is 1. The molecule has 0 N–H and O–H groups in total. The van der Waals surface area contributed by atoms with E-state index in [1.165, 1.54) is 0 Å². The molecule has 0 aliphatic heterocycles. The molecule has 23 heteroatoms. The molecule has 0 bridgehead atoms. The normalized spacial score (nSPS) is 15.5. The van der Waals surface area contributed by atoms with Gasteiger partial charge in [-0.25, -0.2) is 17.2 Å². The van der Waals surface area contributed by atoms with E-state index in [4.69, 9.17) is 0 Å². The Hall–Kier alpha value is -0.884. The first kappa shape index (κ1) is 37.1. The van der Waals surface area contributed by atoms with E-state index in [2.05, 4.69) is 4.74 Å². The molecule has 0 spiro atoms. The van der Waals surface area contributed by atoms with Gasteiger partial charge in [0, 0.05) is 0 Å². The molecule has 0 heterocycles. The Morgan fingerprint density at radius 3 is 1.45 bits per heavy atom. The van der Waals surface area contributed by atoms with E-state index in [0.29, 0.717) is 12.1 Å². The Labute approximate surface area is 241 Å². The summed E-state index contributed by atoms with van der Waals surface area (Å²) in [4.78, 5) is -1.53. The van der Waals surface area contributed by atoms with E-state index in [9.17, 15) is 87.6 Å². The van der Waals surface area contributed by atoms with Crippen LogP contribution in [0.4, 0.5) is 74.6 Å². The molecule has 0 aromatic heterocycles. The summed E-state index contributed by atoms with van der Waals surface area (Å²) < 4.78 is 258. The van der Waals surface area contributed by atoms with Crippen LogP contribution < -0.4 is 56.1 Å². The van der Waals surface area contributed by atoms with Gasteiger partial charge in [0.05, 0.1) is 4.90 Å². The van der Waals surface area contributed by atoms with E-state index in [-0.39, 0.29) is 63.5 Å². The van der Waals surface area contributed by atoms with Crippen LogP contribution >= 0.6 is 0 Å². The van der Waals surface area contributed by atoms with Crippen LogP contribution in [-0.4, -0.2) is 54.9 Å². The predicted octanol–water partition coefficient (Wildman–Crippen LogP) is 3.46. The van der Waals surface area contributed by atoms with Gasteiger partial charge in [-0.1, -0.05) is 6.07 Å². The Bertz CT molecular complexity index is 1160. The van der Waals surface area contributed by atoms with Gasteiger partial charge in [-0.15, -0.1) is 0 Å². The van der Waals surface area contributed by atoms with Crippen molar-refractivity contribution in [1.82, 2.24) is 0 Å². The van der Waals surface area contributed by atoms with Crippen LogP contribution in [-0.2, 0) is 10.1 Å². The third-order valence-corrected chi connectivity index (χ3v) is 4.82. The van der Waals surface area contributed by atoms with Gasteiger partial charge < -0.3 is 9.29 Å². The molecular formula is C15H4F17KO4S. The molecule has 0 amide bonds. The molecular weight excluding hydrogens is 638 g/mol. The van der Waals surface area contributed by atoms with Crippen molar-refractivity contribution in [3.05, 3.63) is 35.9 Å². The topological polar surface area (TPSA) is 66.4 Å². The maximum Gasteiger partial charge on any atom is 1.00 e. The molecule has 0 unspecified atom stereocenters. The minimum atomic E-state index is -8.19. The molecule has 0 aliphatic rings. The first-order valence-corrected chi connectivity index (χ1v) is 9.55. The molecule has 4 nitrogen and oxygen atoms in total. The zero-order valence-electron chi connectivity index (χ0n) is 17.3. The summed E-state index contributed by atoms with van der Waals surface area (Å²) in [6, 6.07) is 0.371. The second kappa shape index (κ2) is 10.8. The van der Waals surface area contributed by atoms with Crippen molar-refractivity contribution in [3.8, 4) is 5.75 Å². The van der Waals surface area contributed by atoms with E-state index in [1.807, 2.05) is 0 Å². The maximum absolute atomic E-state index is 13.7. The number of rotatable bonds is 9. The molecule has 0 saturated heterocycles. The minimum absolute atomic E-state index is 0. The van der Waals surface area contributed by atoms with E-state index in [1.54, 1.807) is 0 Å². The number of alkyl halides is 15. The van der Waals surface area contributed by atoms with Gasteiger partial charge >= 0.3 is 93.3 Å². The predicted molar refractivity (Wildman–Crippen MR) is 80.0 cm³/mol. The average Bonchev–Trinajstić information content (AvgIpc) is 2.70. The smallest absolute Gasteiger partial charge is 0.744 e. The Kier molecular flexibility index (Phi) is 10.6. The van der Waals surface area contributed by atoms with Crippen molar-refractivity contribution in [2.45, 2.75) is 46.8 Å². The summed E-state index contributed by atoms with van der Waals surface area (Å²) in [5, 5.41) is 0.